The number of hydrogen-bond donors (Lipinski definition) is 1. The van der Waals surface area contributed by atoms with Crippen LogP contribution in [0.2, 0.25) is 0 Å². The lowest BCUT2D eigenvalue weighted by atomic mass is 9.93. The van der Waals surface area contributed by atoms with Crippen LogP contribution in [0, 0.1) is 16.7 Å². The standard InChI is InChI=1S/C12H14N2O2S/c1-12(2,8-13)4-6-17-9-3-5-14-10(7-9)11(15)16/h3,5,7H,4,6H2,1-2H3,(H,15,16). The molecule has 0 bridgehead atoms. The number of carboxylic acids is 1. The van der Waals surface area contributed by atoms with E-state index >= 15 is 0 Å². The van der Waals surface area contributed by atoms with Crippen LogP contribution in [0.3, 0.4) is 0 Å². The summed E-state index contributed by atoms with van der Waals surface area (Å²) in [7, 11) is 0. The van der Waals surface area contributed by atoms with E-state index in [2.05, 4.69) is 11.1 Å². The number of carboxylic acid groups (broad SMARTS) is 1. The van der Waals surface area contributed by atoms with Crippen molar-refractivity contribution in [3.05, 3.63) is 24.0 Å². The highest BCUT2D eigenvalue weighted by Gasteiger charge is 2.16. The number of aromatic nitrogens is 1. The molecule has 0 aromatic carbocycles. The van der Waals surface area contributed by atoms with E-state index in [1.165, 1.54) is 18.0 Å². The van der Waals surface area contributed by atoms with E-state index in [0.29, 0.717) is 0 Å². The zero-order valence-corrected chi connectivity index (χ0v) is 10.6. The second-order valence-corrected chi connectivity index (χ2v) is 5.44. The number of hydrogen-bond acceptors (Lipinski definition) is 4. The maximum absolute atomic E-state index is 10.7. The Hall–Kier alpha value is -1.54. The van der Waals surface area contributed by atoms with Crippen molar-refractivity contribution < 1.29 is 9.90 Å². The molecule has 4 nitrogen and oxygen atoms in total. The Morgan fingerprint density at radius 1 is 1.65 bits per heavy atom. The Morgan fingerprint density at radius 2 is 2.35 bits per heavy atom. The molecule has 0 unspecified atom stereocenters. The number of carbonyl (C=O) groups is 1. The summed E-state index contributed by atoms with van der Waals surface area (Å²) in [5.74, 6) is -0.242. The van der Waals surface area contributed by atoms with Crippen LogP contribution in [0.4, 0.5) is 0 Å². The molecule has 5 heteroatoms. The highest BCUT2D eigenvalue weighted by atomic mass is 32.2. The molecule has 0 aliphatic rings. The molecule has 0 saturated carbocycles. The molecule has 1 rings (SSSR count). The molecule has 0 saturated heterocycles. The average molecular weight is 250 g/mol. The smallest absolute Gasteiger partial charge is 0.354 e. The van der Waals surface area contributed by atoms with Crippen LogP contribution in [0.25, 0.3) is 0 Å². The molecule has 17 heavy (non-hydrogen) atoms. The van der Waals surface area contributed by atoms with Crippen molar-refractivity contribution in [3.63, 3.8) is 0 Å². The van der Waals surface area contributed by atoms with Crippen molar-refractivity contribution >= 4 is 17.7 Å². The average Bonchev–Trinajstić information content (AvgIpc) is 2.29. The Kier molecular flexibility index (Phi) is 4.53. The van der Waals surface area contributed by atoms with Crippen LogP contribution in [-0.4, -0.2) is 21.8 Å². The third-order valence-corrected chi connectivity index (χ3v) is 3.24. The Balaban J connectivity index is 2.56. The molecule has 0 radical (unpaired) electrons. The molecule has 0 atom stereocenters. The zero-order chi connectivity index (χ0) is 12.9. The minimum atomic E-state index is -1.02. The predicted molar refractivity (Wildman–Crippen MR) is 65.9 cm³/mol. The predicted octanol–water partition coefficient (Wildman–Crippen LogP) is 2.81. The van der Waals surface area contributed by atoms with Gasteiger partial charge in [-0.15, -0.1) is 11.8 Å². The van der Waals surface area contributed by atoms with Gasteiger partial charge < -0.3 is 5.11 Å². The topological polar surface area (TPSA) is 74.0 Å². The van der Waals surface area contributed by atoms with E-state index in [0.717, 1.165) is 17.1 Å². The second kappa shape index (κ2) is 5.69. The highest BCUT2D eigenvalue weighted by Crippen LogP contribution is 2.25. The van der Waals surface area contributed by atoms with E-state index in [1.807, 2.05) is 13.8 Å². The highest BCUT2D eigenvalue weighted by molar-refractivity contribution is 7.99. The van der Waals surface area contributed by atoms with Gasteiger partial charge in [-0.25, -0.2) is 9.78 Å². The fourth-order valence-corrected chi connectivity index (χ4v) is 2.30. The zero-order valence-electron chi connectivity index (χ0n) is 9.80. The summed E-state index contributed by atoms with van der Waals surface area (Å²) in [6.45, 7) is 3.78. The van der Waals surface area contributed by atoms with Crippen molar-refractivity contribution in [1.82, 2.24) is 4.98 Å². The molecule has 0 amide bonds. The summed E-state index contributed by atoms with van der Waals surface area (Å²) < 4.78 is 0. The lowest BCUT2D eigenvalue weighted by molar-refractivity contribution is 0.0690. The Bertz CT molecular complexity index is 452. The van der Waals surface area contributed by atoms with Crippen molar-refractivity contribution in [1.29, 1.82) is 5.26 Å². The van der Waals surface area contributed by atoms with Crippen molar-refractivity contribution in [3.8, 4) is 6.07 Å². The first-order valence-electron chi connectivity index (χ1n) is 5.18. The molecule has 0 fully saturated rings. The van der Waals surface area contributed by atoms with Gasteiger partial charge in [0.1, 0.15) is 5.69 Å². The minimum absolute atomic E-state index is 0.0505. The largest absolute Gasteiger partial charge is 0.477 e. The lowest BCUT2D eigenvalue weighted by Crippen LogP contribution is -2.08. The fraction of sp³-hybridized carbons (Fsp3) is 0.417. The molecule has 0 spiro atoms. The van der Waals surface area contributed by atoms with Crippen molar-refractivity contribution in [2.75, 3.05) is 5.75 Å². The van der Waals surface area contributed by atoms with Gasteiger partial charge in [0.2, 0.25) is 0 Å². The second-order valence-electron chi connectivity index (χ2n) is 4.28. The first kappa shape index (κ1) is 13.5. The van der Waals surface area contributed by atoms with E-state index in [-0.39, 0.29) is 11.1 Å². The molecule has 1 aromatic heterocycles. The molecule has 0 aliphatic heterocycles. The number of nitriles is 1. The van der Waals surface area contributed by atoms with Crippen LogP contribution in [0.1, 0.15) is 30.8 Å². The Labute approximate surface area is 105 Å². The molecule has 0 aliphatic carbocycles. The van der Waals surface area contributed by atoms with E-state index in [1.54, 1.807) is 12.1 Å². The molecule has 1 heterocycles. The third kappa shape index (κ3) is 4.45. The molecule has 1 N–H and O–H groups in total. The maximum atomic E-state index is 10.7. The molecular weight excluding hydrogens is 236 g/mol. The number of aromatic carboxylic acids is 1. The van der Waals surface area contributed by atoms with Crippen molar-refractivity contribution in [2.45, 2.75) is 25.2 Å². The summed E-state index contributed by atoms with van der Waals surface area (Å²) in [6, 6.07) is 5.56. The summed E-state index contributed by atoms with van der Waals surface area (Å²) in [4.78, 5) is 15.3. The van der Waals surface area contributed by atoms with Crippen LogP contribution >= 0.6 is 11.8 Å². The molecule has 90 valence electrons. The van der Waals surface area contributed by atoms with Gasteiger partial charge in [-0.1, -0.05) is 0 Å². The summed E-state index contributed by atoms with van der Waals surface area (Å²) >= 11 is 1.54. The van der Waals surface area contributed by atoms with Crippen LogP contribution in [0.15, 0.2) is 23.2 Å². The summed E-state index contributed by atoms with van der Waals surface area (Å²) in [5, 5.41) is 17.6. The van der Waals surface area contributed by atoms with E-state index in [9.17, 15) is 4.79 Å². The van der Waals surface area contributed by atoms with Gasteiger partial charge in [0.05, 0.1) is 11.5 Å². The van der Waals surface area contributed by atoms with Gasteiger partial charge in [-0.2, -0.15) is 5.26 Å². The van der Waals surface area contributed by atoms with Gasteiger partial charge in [-0.05, 0) is 38.2 Å². The Morgan fingerprint density at radius 3 is 2.94 bits per heavy atom. The minimum Gasteiger partial charge on any atom is -0.477 e. The van der Waals surface area contributed by atoms with E-state index < -0.39 is 5.97 Å². The first-order valence-corrected chi connectivity index (χ1v) is 6.16. The van der Waals surface area contributed by atoms with E-state index in [4.69, 9.17) is 10.4 Å². The van der Waals surface area contributed by atoms with Gasteiger partial charge in [-0.3, -0.25) is 0 Å². The molecular formula is C12H14N2O2S. The number of nitrogens with zero attached hydrogens (tertiary/aromatic N) is 2. The first-order chi connectivity index (χ1) is 7.94. The van der Waals surface area contributed by atoms with Crippen LogP contribution in [0.5, 0.6) is 0 Å². The molecule has 1 aromatic rings. The number of rotatable bonds is 5. The number of thioether (sulfide) groups is 1. The quantitative estimate of drug-likeness (QED) is 0.813. The van der Waals surface area contributed by atoms with Gasteiger partial charge in [0.25, 0.3) is 0 Å². The van der Waals surface area contributed by atoms with Crippen LogP contribution < -0.4 is 0 Å². The summed E-state index contributed by atoms with van der Waals surface area (Å²) in [6.07, 6.45) is 2.25. The van der Waals surface area contributed by atoms with Crippen LogP contribution in [-0.2, 0) is 0 Å². The summed E-state index contributed by atoms with van der Waals surface area (Å²) in [5.41, 5.74) is -0.287. The van der Waals surface area contributed by atoms with Crippen molar-refractivity contribution in [2.24, 2.45) is 5.41 Å². The third-order valence-electron chi connectivity index (χ3n) is 2.25. The van der Waals surface area contributed by atoms with Gasteiger partial charge in [0.15, 0.2) is 0 Å². The SMILES string of the molecule is CC(C)(C#N)CCSc1ccnc(C(=O)O)c1. The number of pyridine rings is 1. The fourth-order valence-electron chi connectivity index (χ4n) is 1.10. The monoisotopic (exact) mass is 250 g/mol. The maximum Gasteiger partial charge on any atom is 0.354 e. The van der Waals surface area contributed by atoms with Gasteiger partial charge >= 0.3 is 5.97 Å². The van der Waals surface area contributed by atoms with Gasteiger partial charge in [0, 0.05) is 11.1 Å². The normalized spacial score (nSPS) is 10.9. The lowest BCUT2D eigenvalue weighted by Gasteiger charge is -2.13.